The predicted octanol–water partition coefficient (Wildman–Crippen LogP) is 2.22. The maximum Gasteiger partial charge on any atom is 0.573 e. The lowest BCUT2D eigenvalue weighted by atomic mass is 10.2. The second-order valence-corrected chi connectivity index (χ2v) is 4.27. The van der Waals surface area contributed by atoms with E-state index in [1.807, 2.05) is 0 Å². The van der Waals surface area contributed by atoms with E-state index < -0.39 is 18.1 Å². The van der Waals surface area contributed by atoms with Crippen LogP contribution in [0.3, 0.4) is 0 Å². The predicted molar refractivity (Wildman–Crippen MR) is 67.5 cm³/mol. The second-order valence-electron chi connectivity index (χ2n) is 3.24. The molecule has 5 nitrogen and oxygen atoms in total. The van der Waals surface area contributed by atoms with Gasteiger partial charge >= 0.3 is 12.3 Å². The fourth-order valence-corrected chi connectivity index (χ4v) is 1.89. The normalized spacial score (nSPS) is 11.3. The van der Waals surface area contributed by atoms with Gasteiger partial charge in [-0.3, -0.25) is 0 Å². The van der Waals surface area contributed by atoms with E-state index in [1.54, 1.807) is 29.5 Å². The van der Waals surface area contributed by atoms with Crippen LogP contribution >= 0.6 is 22.6 Å². The Morgan fingerprint density at radius 2 is 2.16 bits per heavy atom. The highest BCUT2D eigenvalue weighted by atomic mass is 127. The van der Waals surface area contributed by atoms with Crippen molar-refractivity contribution in [2.45, 2.75) is 19.8 Å². The minimum atomic E-state index is -4.88. The van der Waals surface area contributed by atoms with Crippen LogP contribution in [0.4, 0.5) is 13.2 Å². The molecule has 0 amide bonds. The smallest absolute Gasteiger partial charge is 0.462 e. The summed E-state index contributed by atoms with van der Waals surface area (Å²) in [5.41, 5.74) is 5.11. The number of aromatic nitrogens is 1. The SMILES string of the molecule is CCOC(=O)c1cc(OC(F)(F)F)c(CN)nc1I. The first-order chi connectivity index (χ1) is 8.78. The van der Waals surface area contributed by atoms with E-state index in [2.05, 4.69) is 9.72 Å². The third-order valence-electron chi connectivity index (χ3n) is 1.93. The highest BCUT2D eigenvalue weighted by Crippen LogP contribution is 2.28. The van der Waals surface area contributed by atoms with E-state index in [4.69, 9.17) is 10.5 Å². The van der Waals surface area contributed by atoms with Crippen LogP contribution in [0.1, 0.15) is 23.0 Å². The maximum absolute atomic E-state index is 12.2. The van der Waals surface area contributed by atoms with Crippen molar-refractivity contribution in [2.75, 3.05) is 6.61 Å². The number of nitrogens with two attached hydrogens (primary N) is 1. The fourth-order valence-electron chi connectivity index (χ4n) is 1.22. The van der Waals surface area contributed by atoms with Gasteiger partial charge in [0.05, 0.1) is 17.9 Å². The molecule has 0 aliphatic rings. The van der Waals surface area contributed by atoms with Crippen LogP contribution in [0, 0.1) is 3.70 Å². The highest BCUT2D eigenvalue weighted by Gasteiger charge is 2.33. The number of esters is 1. The summed E-state index contributed by atoms with van der Waals surface area (Å²) in [6, 6.07) is 0.933. The molecule has 0 radical (unpaired) electrons. The Morgan fingerprint density at radius 3 is 2.63 bits per heavy atom. The van der Waals surface area contributed by atoms with Crippen molar-refractivity contribution in [1.82, 2.24) is 4.98 Å². The van der Waals surface area contributed by atoms with Crippen LogP contribution in [0.15, 0.2) is 6.07 Å². The zero-order valence-corrected chi connectivity index (χ0v) is 11.9. The molecule has 0 aromatic carbocycles. The molecule has 0 spiro atoms. The molecule has 1 aromatic rings. The molecule has 0 aliphatic carbocycles. The van der Waals surface area contributed by atoms with E-state index in [-0.39, 0.29) is 28.1 Å². The van der Waals surface area contributed by atoms with Gasteiger partial charge in [-0.1, -0.05) is 0 Å². The third kappa shape index (κ3) is 4.49. The Kier molecular flexibility index (Phi) is 5.35. The number of hydrogen-bond acceptors (Lipinski definition) is 5. The minimum absolute atomic E-state index is 0.0882. The topological polar surface area (TPSA) is 74.4 Å². The molecule has 0 unspecified atom stereocenters. The number of halogens is 4. The van der Waals surface area contributed by atoms with E-state index in [1.165, 1.54) is 0 Å². The summed E-state index contributed by atoms with van der Waals surface area (Å²) in [4.78, 5) is 15.4. The first-order valence-corrected chi connectivity index (χ1v) is 6.18. The molecule has 9 heteroatoms. The third-order valence-corrected chi connectivity index (χ3v) is 2.75. The summed E-state index contributed by atoms with van der Waals surface area (Å²) in [5, 5.41) is 0. The van der Waals surface area contributed by atoms with Crippen molar-refractivity contribution in [3.63, 3.8) is 0 Å². The minimum Gasteiger partial charge on any atom is -0.462 e. The number of carbonyl (C=O) groups is 1. The number of alkyl halides is 3. The van der Waals surface area contributed by atoms with Crippen molar-refractivity contribution in [2.24, 2.45) is 5.73 Å². The van der Waals surface area contributed by atoms with Crippen LogP contribution in [0.5, 0.6) is 5.75 Å². The van der Waals surface area contributed by atoms with Crippen LogP contribution < -0.4 is 10.5 Å². The summed E-state index contributed by atoms with van der Waals surface area (Å²) < 4.78 is 45.4. The first-order valence-electron chi connectivity index (χ1n) is 5.10. The number of rotatable bonds is 4. The summed E-state index contributed by atoms with van der Waals surface area (Å²) >= 11 is 1.71. The van der Waals surface area contributed by atoms with Gasteiger partial charge in [0.25, 0.3) is 0 Å². The molecule has 1 heterocycles. The molecule has 1 rings (SSSR count). The molecule has 0 bridgehead atoms. The van der Waals surface area contributed by atoms with Gasteiger partial charge < -0.3 is 15.2 Å². The average Bonchev–Trinajstić information content (AvgIpc) is 2.29. The molecule has 0 saturated carbocycles. The number of nitrogens with zero attached hydrogens (tertiary/aromatic N) is 1. The van der Waals surface area contributed by atoms with E-state index in [9.17, 15) is 18.0 Å². The lowest BCUT2D eigenvalue weighted by molar-refractivity contribution is -0.275. The largest absolute Gasteiger partial charge is 0.573 e. The van der Waals surface area contributed by atoms with Crippen LogP contribution in [-0.2, 0) is 11.3 Å². The molecule has 0 saturated heterocycles. The van der Waals surface area contributed by atoms with Gasteiger partial charge in [0.15, 0.2) is 5.75 Å². The Morgan fingerprint density at radius 1 is 1.53 bits per heavy atom. The Bertz CT molecular complexity index is 480. The van der Waals surface area contributed by atoms with Crippen LogP contribution in [0.25, 0.3) is 0 Å². The zero-order valence-electron chi connectivity index (χ0n) is 9.75. The summed E-state index contributed by atoms with van der Waals surface area (Å²) in [6.07, 6.45) is -4.88. The van der Waals surface area contributed by atoms with Crippen molar-refractivity contribution in [3.8, 4) is 5.75 Å². The number of carbonyl (C=O) groups excluding carboxylic acids is 1. The standard InChI is InChI=1S/C10H10F3IN2O3/c1-2-18-9(17)5-3-7(19-10(11,12)13)6(4-15)16-8(5)14/h3H,2,4,15H2,1H3. The summed E-state index contributed by atoms with van der Waals surface area (Å²) in [5.74, 6) is -1.37. The highest BCUT2D eigenvalue weighted by molar-refractivity contribution is 14.1. The first kappa shape index (κ1) is 16.0. The molecule has 2 N–H and O–H groups in total. The molecular weight excluding hydrogens is 380 g/mol. The van der Waals surface area contributed by atoms with Crippen LogP contribution in [-0.4, -0.2) is 23.9 Å². The summed E-state index contributed by atoms with van der Waals surface area (Å²) in [6.45, 7) is 1.44. The molecule has 106 valence electrons. The van der Waals surface area contributed by atoms with Crippen molar-refractivity contribution in [1.29, 1.82) is 0 Å². The van der Waals surface area contributed by atoms with Gasteiger partial charge in [-0.15, -0.1) is 13.2 Å². The van der Waals surface area contributed by atoms with Gasteiger partial charge in [0.1, 0.15) is 3.70 Å². The quantitative estimate of drug-likeness (QED) is 0.485. The summed E-state index contributed by atoms with van der Waals surface area (Å²) in [7, 11) is 0. The van der Waals surface area contributed by atoms with Gasteiger partial charge in [0.2, 0.25) is 0 Å². The van der Waals surface area contributed by atoms with Crippen molar-refractivity contribution >= 4 is 28.6 Å². The van der Waals surface area contributed by atoms with Crippen molar-refractivity contribution in [3.05, 3.63) is 21.0 Å². The van der Waals surface area contributed by atoms with Gasteiger partial charge in [-0.25, -0.2) is 9.78 Å². The Labute approximate surface area is 120 Å². The van der Waals surface area contributed by atoms with E-state index >= 15 is 0 Å². The zero-order chi connectivity index (χ0) is 14.6. The Balaban J connectivity index is 3.21. The molecule has 0 atom stereocenters. The number of hydrogen-bond donors (Lipinski definition) is 1. The monoisotopic (exact) mass is 390 g/mol. The fraction of sp³-hybridized carbons (Fsp3) is 0.400. The number of pyridine rings is 1. The lowest BCUT2D eigenvalue weighted by Crippen LogP contribution is -2.20. The van der Waals surface area contributed by atoms with Gasteiger partial charge in [0, 0.05) is 6.54 Å². The Hall–Kier alpha value is -1.10. The van der Waals surface area contributed by atoms with Gasteiger partial charge in [-0.2, -0.15) is 0 Å². The molecule has 1 aromatic heterocycles. The van der Waals surface area contributed by atoms with Gasteiger partial charge in [-0.05, 0) is 35.6 Å². The van der Waals surface area contributed by atoms with E-state index in [0.29, 0.717) is 0 Å². The van der Waals surface area contributed by atoms with Crippen molar-refractivity contribution < 1.29 is 27.4 Å². The second kappa shape index (κ2) is 6.37. The van der Waals surface area contributed by atoms with E-state index in [0.717, 1.165) is 6.07 Å². The molecule has 19 heavy (non-hydrogen) atoms. The molecule has 0 fully saturated rings. The maximum atomic E-state index is 12.2. The van der Waals surface area contributed by atoms with Crippen LogP contribution in [0.2, 0.25) is 0 Å². The lowest BCUT2D eigenvalue weighted by Gasteiger charge is -2.14. The molecule has 0 aliphatic heterocycles. The molecular formula is C10H10F3IN2O3. The average molecular weight is 390 g/mol. The number of ether oxygens (including phenoxy) is 2.